The fraction of sp³-hybridized carbons (Fsp3) is 0.966. The summed E-state index contributed by atoms with van der Waals surface area (Å²) < 4.78 is 98.5. The number of aliphatic hydroxyl groups is 27. The van der Waals surface area contributed by atoms with Gasteiger partial charge in [0.15, 0.2) is 56.6 Å². The number of aliphatic hydroxyl groups excluding tert-OH is 27. The van der Waals surface area contributed by atoms with Crippen LogP contribution in [0, 0.1) is 0 Å². The molecule has 9 saturated heterocycles. The summed E-state index contributed by atoms with van der Waals surface area (Å²) in [5, 5.41) is 302. The molecule has 9 heterocycles. The van der Waals surface area contributed by atoms with Gasteiger partial charge in [-0.25, -0.2) is 0 Å². The van der Waals surface area contributed by atoms with Crippen LogP contribution in [0.4, 0.5) is 0 Å². The van der Waals surface area contributed by atoms with E-state index in [2.05, 4.69) is 10.6 Å². The number of rotatable bonds is 27. The lowest BCUT2D eigenvalue weighted by atomic mass is 9.94. The summed E-state index contributed by atoms with van der Waals surface area (Å²) in [6, 6.07) is -3.50. The average molecular weight is 1560 g/mol. The molecule has 9 aliphatic heterocycles. The Bertz CT molecular complexity index is 2710. The fourth-order valence-corrected chi connectivity index (χ4v) is 13.6. The first kappa shape index (κ1) is 87.2. The van der Waals surface area contributed by atoms with E-state index < -0.39 is 348 Å². The van der Waals surface area contributed by atoms with Gasteiger partial charge >= 0.3 is 0 Å². The minimum Gasteiger partial charge on any atom is -0.394 e. The molecule has 0 saturated carbocycles. The van der Waals surface area contributed by atoms with Crippen LogP contribution in [0.2, 0.25) is 0 Å². The number of carbonyl (C=O) groups excluding carboxylic acids is 2. The molecule has 0 spiro atoms. The molecule has 0 aromatic rings. The molecule has 45 atom stereocenters. The number of nitrogens with one attached hydrogen (secondary N) is 2. The van der Waals surface area contributed by atoms with E-state index in [1.807, 2.05) is 0 Å². The van der Waals surface area contributed by atoms with Crippen molar-refractivity contribution in [2.45, 2.75) is 290 Å². The summed E-state index contributed by atoms with van der Waals surface area (Å²) in [5.41, 5.74) is 0. The van der Waals surface area contributed by atoms with Crippen molar-refractivity contribution in [3.05, 3.63) is 0 Å². The second-order valence-corrected chi connectivity index (χ2v) is 26.7. The third-order valence-electron chi connectivity index (χ3n) is 19.6. The Morgan fingerprint density at radius 3 is 0.915 bits per heavy atom. The zero-order chi connectivity index (χ0) is 77.9. The van der Waals surface area contributed by atoms with Crippen LogP contribution >= 0.6 is 0 Å². The van der Waals surface area contributed by atoms with Crippen LogP contribution in [-0.4, -0.2) is 485 Å². The standard InChI is InChI=1S/C58H98N2O46/c1-12(69)59-23-32(78)43(20(9-67)91-50(23)89)100-51-24(60-13(2)70)33(79)44(21(10-68)98-51)101-56-42(88)47(31(77)22(99-56)11-90-52-38(84)34(80)25(71)14(3-61)92-52)104-57-49(37(83)28(74)16(5-63)96-57)106-58-48(36(82)27(73)17(6-64)97-58)105-55-41(87)46(30(76)19(8-66)95-55)103-54-40(86)45(29(75)18(7-65)94-54)102-53-39(85)35(81)26(72)15(4-62)93-53/h14-58,61-68,71-89H,3-11H2,1-2H3,(H,59,69)(H,60,70)/t14-,15-,16-,17-,18-,19-,20-,21-,22-,23-,24-,25-,26-,27-,28-,29-,30-,31-,32-,33-,34+,35+,36+,37+,38+,39-,40-,41+,42+,43-,44-,45+,46+,47+,48+,49+,50-,51+,52+,53-,54-,55-,56+,57-,58-/m1/s1. The Kier molecular flexibility index (Phi) is 31.1. The lowest BCUT2D eigenvalue weighted by Crippen LogP contribution is -2.70. The quantitative estimate of drug-likeness (QED) is 0.0363. The number of hydrogen-bond acceptors (Lipinski definition) is 46. The predicted octanol–water partition coefficient (Wildman–Crippen LogP) is -20.3. The van der Waals surface area contributed by atoms with Gasteiger partial charge in [-0.1, -0.05) is 0 Å². The van der Waals surface area contributed by atoms with Gasteiger partial charge in [0, 0.05) is 13.8 Å². The van der Waals surface area contributed by atoms with E-state index in [0.717, 1.165) is 13.8 Å². The van der Waals surface area contributed by atoms with Crippen molar-refractivity contribution in [2.24, 2.45) is 0 Å². The van der Waals surface area contributed by atoms with Crippen molar-refractivity contribution in [2.75, 3.05) is 59.5 Å². The first-order valence-corrected chi connectivity index (χ1v) is 33.7. The molecular formula is C58H98N2O46. The van der Waals surface area contributed by atoms with Crippen molar-refractivity contribution in [3.8, 4) is 0 Å². The summed E-state index contributed by atoms with van der Waals surface area (Å²) in [7, 11) is 0. The average Bonchev–Trinajstić information content (AvgIpc) is 0.768. The normalized spacial score (nSPS) is 51.2. The summed E-state index contributed by atoms with van der Waals surface area (Å²) in [6.45, 7) is -7.75. The van der Waals surface area contributed by atoms with Crippen LogP contribution in [0.15, 0.2) is 0 Å². The number of amides is 2. The number of hydrogen-bond donors (Lipinski definition) is 29. The molecule has 9 aliphatic rings. The first-order valence-electron chi connectivity index (χ1n) is 33.7. The van der Waals surface area contributed by atoms with Gasteiger partial charge < -0.3 is 229 Å². The second kappa shape index (κ2) is 37.9. The molecule has 0 aromatic heterocycles. The molecule has 48 nitrogen and oxygen atoms in total. The third kappa shape index (κ3) is 18.5. The highest BCUT2D eigenvalue weighted by Crippen LogP contribution is 2.40. The van der Waals surface area contributed by atoms with Crippen molar-refractivity contribution < 1.29 is 228 Å². The maximum absolute atomic E-state index is 12.8. The lowest BCUT2D eigenvalue weighted by Gasteiger charge is -2.51. The molecule has 0 aliphatic carbocycles. The summed E-state index contributed by atoms with van der Waals surface area (Å²) >= 11 is 0. The fourth-order valence-electron chi connectivity index (χ4n) is 13.6. The van der Waals surface area contributed by atoms with Crippen LogP contribution in [0.5, 0.6) is 0 Å². The highest BCUT2D eigenvalue weighted by Gasteiger charge is 2.61. The molecule has 9 fully saturated rings. The highest BCUT2D eigenvalue weighted by molar-refractivity contribution is 5.73. The largest absolute Gasteiger partial charge is 0.394 e. The van der Waals surface area contributed by atoms with E-state index in [-0.39, 0.29) is 0 Å². The Morgan fingerprint density at radius 1 is 0.245 bits per heavy atom. The number of carbonyl (C=O) groups is 2. The van der Waals surface area contributed by atoms with Crippen molar-refractivity contribution in [3.63, 3.8) is 0 Å². The van der Waals surface area contributed by atoms with E-state index in [0.29, 0.717) is 0 Å². The molecule has 48 heteroatoms. The Balaban J connectivity index is 0.999. The summed E-state index contributed by atoms with van der Waals surface area (Å²) in [6.07, 6.45) is -90.9. The maximum Gasteiger partial charge on any atom is 0.217 e. The SMILES string of the molecule is CC(=O)N[C@@H]1[C@@H](O)[C@H](O[C@@H]2O[C@H](CO)[C@@H](O[C@@H]3O[C@H](CO[C@H]4O[C@H](CO)[C@@H](O)[C@H](O)[C@@H]4O)[C@@H](O)[C@H](O[C@H]4O[C@H](CO)[C@@H](O)[C@H](O)[C@@H]4O[C@H]4O[C@H](CO)[C@@H](O)[C@H](O)[C@@H]4O[C@H]4O[C@H](CO)[C@@H](O)[C@H](O[C@H]5O[C@H](CO)[C@@H](O)[C@H](O[C@H]6O[C@H](CO)[C@@H](O)[C@H](O)[C@H]6O)[C@H]5O)[C@@H]4O)[C@@H]3O)[C@H](O)[C@H]2NC(C)=O)[C@@H](CO)O[C@H]1O. The van der Waals surface area contributed by atoms with Crippen molar-refractivity contribution >= 4 is 11.8 Å². The van der Waals surface area contributed by atoms with Gasteiger partial charge in [0.05, 0.1) is 59.5 Å². The summed E-state index contributed by atoms with van der Waals surface area (Å²) in [5.74, 6) is -1.69. The van der Waals surface area contributed by atoms with Crippen LogP contribution in [-0.2, 0) is 90.1 Å². The van der Waals surface area contributed by atoms with Crippen molar-refractivity contribution in [1.82, 2.24) is 10.6 Å². The van der Waals surface area contributed by atoms with Gasteiger partial charge in [-0.05, 0) is 0 Å². The van der Waals surface area contributed by atoms with E-state index in [1.54, 1.807) is 0 Å². The third-order valence-corrected chi connectivity index (χ3v) is 19.6. The molecule has 29 N–H and O–H groups in total. The monoisotopic (exact) mass is 1560 g/mol. The zero-order valence-electron chi connectivity index (χ0n) is 56.2. The number of ether oxygens (including phenoxy) is 17. The molecule has 9 rings (SSSR count). The van der Waals surface area contributed by atoms with E-state index in [9.17, 15) is 147 Å². The van der Waals surface area contributed by atoms with Gasteiger partial charge in [0.25, 0.3) is 0 Å². The Labute approximate surface area is 598 Å². The predicted molar refractivity (Wildman–Crippen MR) is 320 cm³/mol. The van der Waals surface area contributed by atoms with E-state index in [4.69, 9.17) is 80.5 Å². The molecule has 2 amide bonds. The van der Waals surface area contributed by atoms with Gasteiger partial charge in [-0.2, -0.15) is 0 Å². The molecule has 0 radical (unpaired) electrons. The summed E-state index contributed by atoms with van der Waals surface area (Å²) in [4.78, 5) is 24.9. The molecule has 0 aromatic carbocycles. The molecule has 106 heavy (non-hydrogen) atoms. The van der Waals surface area contributed by atoms with Crippen LogP contribution in [0.25, 0.3) is 0 Å². The minimum atomic E-state index is -2.52. The highest BCUT2D eigenvalue weighted by atomic mass is 16.8. The Morgan fingerprint density at radius 2 is 0.509 bits per heavy atom. The zero-order valence-corrected chi connectivity index (χ0v) is 56.2. The van der Waals surface area contributed by atoms with Crippen LogP contribution in [0.1, 0.15) is 13.8 Å². The molecule has 0 bridgehead atoms. The van der Waals surface area contributed by atoms with Crippen LogP contribution < -0.4 is 10.6 Å². The van der Waals surface area contributed by atoms with Gasteiger partial charge in [-0.15, -0.1) is 0 Å². The minimum absolute atomic E-state index is 0.772. The van der Waals surface area contributed by atoms with Gasteiger partial charge in [-0.3, -0.25) is 9.59 Å². The van der Waals surface area contributed by atoms with Gasteiger partial charge in [0.2, 0.25) is 11.8 Å². The Hall–Kier alpha value is -2.82. The molecular weight excluding hydrogens is 1460 g/mol. The van der Waals surface area contributed by atoms with Gasteiger partial charge in [0.1, 0.15) is 220 Å². The first-order chi connectivity index (χ1) is 50.2. The topological polar surface area (TPSA) is 761 Å². The molecule has 0 unspecified atom stereocenters. The van der Waals surface area contributed by atoms with Crippen LogP contribution in [0.3, 0.4) is 0 Å². The lowest BCUT2D eigenvalue weighted by molar-refractivity contribution is -0.412. The van der Waals surface area contributed by atoms with E-state index in [1.165, 1.54) is 0 Å². The smallest absolute Gasteiger partial charge is 0.217 e. The maximum atomic E-state index is 12.8. The second-order valence-electron chi connectivity index (χ2n) is 26.7. The van der Waals surface area contributed by atoms with Crippen molar-refractivity contribution in [1.29, 1.82) is 0 Å². The molecule has 616 valence electrons. The van der Waals surface area contributed by atoms with E-state index >= 15 is 0 Å².